The molecule has 0 spiro atoms. The van der Waals surface area contributed by atoms with Gasteiger partial charge in [-0.3, -0.25) is 35.8 Å². The number of benzene rings is 2. The van der Waals surface area contributed by atoms with Crippen LogP contribution >= 0.6 is 0 Å². The highest BCUT2D eigenvalue weighted by Gasteiger charge is 2.20. The van der Waals surface area contributed by atoms with Crippen molar-refractivity contribution in [2.45, 2.75) is 0 Å². The van der Waals surface area contributed by atoms with Gasteiger partial charge < -0.3 is 9.15 Å². The molecular formula is C18H13N5O8. The second-order valence-electron chi connectivity index (χ2n) is 5.93. The lowest BCUT2D eigenvalue weighted by Crippen LogP contribution is -1.98. The molecule has 1 heterocycles. The van der Waals surface area contributed by atoms with E-state index in [0.717, 1.165) is 18.2 Å². The first-order valence-electron chi connectivity index (χ1n) is 8.44. The number of rotatable bonds is 8. The van der Waals surface area contributed by atoms with Crippen LogP contribution in [0.15, 0.2) is 58.0 Å². The van der Waals surface area contributed by atoms with Crippen LogP contribution in [0.4, 0.5) is 22.7 Å². The zero-order chi connectivity index (χ0) is 22.5. The summed E-state index contributed by atoms with van der Waals surface area (Å²) in [6.07, 6.45) is 1.20. The molecule has 0 saturated heterocycles. The van der Waals surface area contributed by atoms with Crippen molar-refractivity contribution in [1.82, 2.24) is 0 Å². The summed E-state index contributed by atoms with van der Waals surface area (Å²) in [6.45, 7) is 0. The van der Waals surface area contributed by atoms with Crippen molar-refractivity contribution in [2.75, 3.05) is 12.5 Å². The van der Waals surface area contributed by atoms with Crippen LogP contribution in [-0.4, -0.2) is 28.1 Å². The van der Waals surface area contributed by atoms with E-state index >= 15 is 0 Å². The summed E-state index contributed by atoms with van der Waals surface area (Å²) in [6, 6.07) is 10.4. The number of nitrogens with zero attached hydrogens (tertiary/aromatic N) is 4. The lowest BCUT2D eigenvalue weighted by Gasteiger charge is -2.03. The first-order chi connectivity index (χ1) is 14.8. The second kappa shape index (κ2) is 8.69. The van der Waals surface area contributed by atoms with Gasteiger partial charge in [0.1, 0.15) is 23.0 Å². The van der Waals surface area contributed by atoms with Gasteiger partial charge in [-0.1, -0.05) is 0 Å². The first kappa shape index (κ1) is 20.9. The summed E-state index contributed by atoms with van der Waals surface area (Å²) in [5.74, 6) is 0.729. The van der Waals surface area contributed by atoms with Crippen LogP contribution in [0.3, 0.4) is 0 Å². The predicted octanol–water partition coefficient (Wildman–Crippen LogP) is 4.13. The molecule has 1 aromatic heterocycles. The van der Waals surface area contributed by atoms with Crippen LogP contribution in [0.25, 0.3) is 11.3 Å². The molecular weight excluding hydrogens is 414 g/mol. The van der Waals surface area contributed by atoms with Crippen molar-refractivity contribution < 1.29 is 23.9 Å². The molecule has 158 valence electrons. The summed E-state index contributed by atoms with van der Waals surface area (Å²) >= 11 is 0. The molecule has 0 aliphatic carbocycles. The fourth-order valence-corrected chi connectivity index (χ4v) is 2.61. The lowest BCUT2D eigenvalue weighted by atomic mass is 10.1. The average molecular weight is 427 g/mol. The van der Waals surface area contributed by atoms with E-state index < -0.39 is 26.1 Å². The Balaban J connectivity index is 1.82. The van der Waals surface area contributed by atoms with Crippen LogP contribution in [-0.2, 0) is 0 Å². The largest absolute Gasteiger partial charge is 0.497 e. The molecule has 0 amide bonds. The van der Waals surface area contributed by atoms with E-state index in [1.54, 1.807) is 6.07 Å². The summed E-state index contributed by atoms with van der Waals surface area (Å²) in [7, 11) is 1.39. The molecule has 3 aromatic rings. The Labute approximate surface area is 173 Å². The third kappa shape index (κ3) is 4.61. The Morgan fingerprint density at radius 1 is 0.935 bits per heavy atom. The number of nitro groups is 3. The summed E-state index contributed by atoms with van der Waals surface area (Å²) in [4.78, 5) is 31.1. The molecule has 0 fully saturated rings. The molecule has 1 N–H and O–H groups in total. The molecule has 13 nitrogen and oxygen atoms in total. The smallest absolute Gasteiger partial charge is 0.301 e. The van der Waals surface area contributed by atoms with E-state index in [2.05, 4.69) is 10.5 Å². The highest BCUT2D eigenvalue weighted by Crippen LogP contribution is 2.34. The Bertz CT molecular complexity index is 1200. The van der Waals surface area contributed by atoms with Gasteiger partial charge in [-0.25, -0.2) is 0 Å². The number of hydrazone groups is 1. The van der Waals surface area contributed by atoms with E-state index in [9.17, 15) is 30.3 Å². The number of non-ortho nitro benzene ring substituents is 1. The van der Waals surface area contributed by atoms with Crippen LogP contribution in [0.1, 0.15) is 5.76 Å². The maximum absolute atomic E-state index is 11.3. The number of ether oxygens (including phenoxy) is 1. The Hall–Kier alpha value is -4.81. The highest BCUT2D eigenvalue weighted by molar-refractivity contribution is 5.80. The van der Waals surface area contributed by atoms with Crippen LogP contribution in [0.2, 0.25) is 0 Å². The minimum atomic E-state index is -0.779. The van der Waals surface area contributed by atoms with Crippen molar-refractivity contribution in [3.8, 4) is 17.1 Å². The van der Waals surface area contributed by atoms with E-state index in [1.807, 2.05) is 0 Å². The summed E-state index contributed by atoms with van der Waals surface area (Å²) in [5, 5.41) is 37.1. The summed E-state index contributed by atoms with van der Waals surface area (Å²) in [5.41, 5.74) is 1.41. The molecule has 0 unspecified atom stereocenters. The predicted molar refractivity (Wildman–Crippen MR) is 108 cm³/mol. The number of methoxy groups -OCH3 is 1. The topological polar surface area (TPSA) is 176 Å². The second-order valence-corrected chi connectivity index (χ2v) is 5.93. The number of nitrogens with one attached hydrogen (secondary N) is 1. The zero-order valence-electron chi connectivity index (χ0n) is 15.8. The minimum absolute atomic E-state index is 0.0654. The van der Waals surface area contributed by atoms with Crippen LogP contribution in [0, 0.1) is 30.3 Å². The molecule has 31 heavy (non-hydrogen) atoms. The fraction of sp³-hybridized carbons (Fsp3) is 0.0556. The molecule has 0 radical (unpaired) electrons. The molecule has 2 aromatic carbocycles. The normalized spacial score (nSPS) is 10.7. The van der Waals surface area contributed by atoms with Gasteiger partial charge in [0.15, 0.2) is 0 Å². The third-order valence-electron chi connectivity index (χ3n) is 4.06. The Morgan fingerprint density at radius 2 is 1.68 bits per heavy atom. The number of anilines is 1. The lowest BCUT2D eigenvalue weighted by molar-refractivity contribution is -0.393. The van der Waals surface area contributed by atoms with Crippen LogP contribution in [0.5, 0.6) is 5.75 Å². The van der Waals surface area contributed by atoms with Crippen molar-refractivity contribution >= 4 is 29.0 Å². The number of nitro benzene ring substituents is 3. The van der Waals surface area contributed by atoms with Gasteiger partial charge in [0.2, 0.25) is 0 Å². The molecule has 3 rings (SSSR count). The Kier molecular flexibility index (Phi) is 5.86. The van der Waals surface area contributed by atoms with E-state index in [0.29, 0.717) is 5.75 Å². The maximum Gasteiger partial charge on any atom is 0.301 e. The van der Waals surface area contributed by atoms with Gasteiger partial charge in [0.05, 0.1) is 45.8 Å². The van der Waals surface area contributed by atoms with Gasteiger partial charge in [-0.15, -0.1) is 0 Å². The SMILES string of the molecule is COc1ccc(-c2ccc(/C=N/Nc3ccc([N+](=O)[O-])cc3[N+](=O)[O-])o2)c([N+](=O)[O-])c1. The van der Waals surface area contributed by atoms with Crippen LogP contribution < -0.4 is 10.2 Å². The molecule has 0 bridgehead atoms. The maximum atomic E-state index is 11.3. The first-order valence-corrected chi connectivity index (χ1v) is 8.44. The molecule has 0 aliphatic heterocycles. The van der Waals surface area contributed by atoms with Gasteiger partial charge >= 0.3 is 5.69 Å². The van der Waals surface area contributed by atoms with Gasteiger partial charge in [0.25, 0.3) is 11.4 Å². The van der Waals surface area contributed by atoms with Crippen molar-refractivity contribution in [1.29, 1.82) is 0 Å². The van der Waals surface area contributed by atoms with Gasteiger partial charge in [-0.2, -0.15) is 5.10 Å². The monoisotopic (exact) mass is 427 g/mol. The number of hydrogen-bond acceptors (Lipinski definition) is 10. The molecule has 0 saturated carbocycles. The van der Waals surface area contributed by atoms with E-state index in [1.165, 1.54) is 37.6 Å². The van der Waals surface area contributed by atoms with Gasteiger partial charge in [-0.05, 0) is 30.3 Å². The zero-order valence-corrected chi connectivity index (χ0v) is 15.8. The van der Waals surface area contributed by atoms with Gasteiger partial charge in [0, 0.05) is 6.07 Å². The van der Waals surface area contributed by atoms with E-state index in [-0.39, 0.29) is 28.5 Å². The highest BCUT2D eigenvalue weighted by atomic mass is 16.6. The van der Waals surface area contributed by atoms with Crippen molar-refractivity contribution in [2.24, 2.45) is 5.10 Å². The molecule has 0 aliphatic rings. The fourth-order valence-electron chi connectivity index (χ4n) is 2.61. The number of hydrogen-bond donors (Lipinski definition) is 1. The minimum Gasteiger partial charge on any atom is -0.497 e. The van der Waals surface area contributed by atoms with E-state index in [4.69, 9.17) is 9.15 Å². The standard InChI is InChI=1S/C18H13N5O8/c1-30-12-3-5-14(16(9-12)22(26)27)18-7-4-13(31-18)10-19-20-15-6-2-11(21(24)25)8-17(15)23(28)29/h2-10,20H,1H3/b19-10+. The number of furan rings is 1. The summed E-state index contributed by atoms with van der Waals surface area (Å²) < 4.78 is 10.5. The Morgan fingerprint density at radius 3 is 2.32 bits per heavy atom. The quantitative estimate of drug-likeness (QED) is 0.314. The average Bonchev–Trinajstić information content (AvgIpc) is 3.21. The third-order valence-corrected chi connectivity index (χ3v) is 4.06. The van der Waals surface area contributed by atoms with Crippen molar-refractivity contribution in [3.05, 3.63) is 84.6 Å². The molecule has 0 atom stereocenters. The molecule has 13 heteroatoms. The van der Waals surface area contributed by atoms with Crippen molar-refractivity contribution in [3.63, 3.8) is 0 Å².